The fourth-order valence-corrected chi connectivity index (χ4v) is 4.49. The van der Waals surface area contributed by atoms with E-state index in [1.54, 1.807) is 34.7 Å². The molecule has 5 rings (SSSR count). The number of carboxylic acids is 1. The predicted molar refractivity (Wildman–Crippen MR) is 123 cm³/mol. The summed E-state index contributed by atoms with van der Waals surface area (Å²) < 4.78 is 23.8. The van der Waals surface area contributed by atoms with Gasteiger partial charge in [-0.25, -0.2) is 14.2 Å². The van der Waals surface area contributed by atoms with E-state index in [-0.39, 0.29) is 17.9 Å². The lowest BCUT2D eigenvalue weighted by Crippen LogP contribution is -2.10. The number of carbonyl (C=O) groups is 1. The second-order valence-electron chi connectivity index (χ2n) is 8.25. The van der Waals surface area contributed by atoms with Crippen molar-refractivity contribution < 1.29 is 19.0 Å². The fraction of sp³-hybridized carbons (Fsp3) is 0.250. The second kappa shape index (κ2) is 7.98. The Morgan fingerprint density at radius 3 is 2.85 bits per heavy atom. The van der Waals surface area contributed by atoms with Gasteiger partial charge in [0.2, 0.25) is 0 Å². The third-order valence-electron chi connectivity index (χ3n) is 5.99. The Morgan fingerprint density at radius 2 is 2.12 bits per heavy atom. The van der Waals surface area contributed by atoms with Gasteiger partial charge in [-0.3, -0.25) is 9.36 Å². The summed E-state index contributed by atoms with van der Waals surface area (Å²) in [6.45, 7) is 4.15. The fourth-order valence-electron chi connectivity index (χ4n) is 4.49. The van der Waals surface area contributed by atoms with Crippen molar-refractivity contribution in [1.29, 1.82) is 0 Å². The zero-order valence-corrected chi connectivity index (χ0v) is 18.9. The molecular formula is C24H23FN6O3. The van der Waals surface area contributed by atoms with Crippen molar-refractivity contribution in [2.75, 3.05) is 5.73 Å². The van der Waals surface area contributed by atoms with Gasteiger partial charge in [0.1, 0.15) is 11.9 Å². The minimum Gasteiger partial charge on any atom is -0.482 e. The molecule has 0 radical (unpaired) electrons. The van der Waals surface area contributed by atoms with Gasteiger partial charge in [-0.2, -0.15) is 10.2 Å². The van der Waals surface area contributed by atoms with E-state index in [1.807, 2.05) is 20.0 Å². The lowest BCUT2D eigenvalue weighted by molar-refractivity contribution is 0.0688. The van der Waals surface area contributed by atoms with Crippen molar-refractivity contribution in [2.24, 2.45) is 7.05 Å². The number of nitrogens with zero attached hydrogens (tertiary/aromatic N) is 5. The van der Waals surface area contributed by atoms with Crippen LogP contribution in [0.15, 0.2) is 36.7 Å². The minimum atomic E-state index is -1.13. The standard InChI is InChI=1S/C24H23FN6O3/c1-4-31-22-13-8-19(23(26)27-10-13)34-12(2)17-9-15(25)5-6-16(17)20-14(11-30(3)28-20)7-18(22)21(29-31)24(32)33/h5-6,8-12H,4,7H2,1-3H3,(H2,26,27)(H,32,33)/t12-/m1/s1. The molecule has 0 fully saturated rings. The summed E-state index contributed by atoms with van der Waals surface area (Å²) in [6.07, 6.45) is 3.11. The Labute approximate surface area is 194 Å². The second-order valence-corrected chi connectivity index (χ2v) is 8.25. The summed E-state index contributed by atoms with van der Waals surface area (Å²) in [5, 5.41) is 18.9. The van der Waals surface area contributed by atoms with E-state index < -0.39 is 17.9 Å². The Morgan fingerprint density at radius 1 is 1.32 bits per heavy atom. The summed E-state index contributed by atoms with van der Waals surface area (Å²) in [7, 11) is 1.79. The molecule has 2 bridgehead atoms. The highest BCUT2D eigenvalue weighted by Crippen LogP contribution is 2.39. The van der Waals surface area contributed by atoms with Gasteiger partial charge in [-0.05, 0) is 38.1 Å². The first-order valence-electron chi connectivity index (χ1n) is 10.8. The van der Waals surface area contributed by atoms with Gasteiger partial charge in [-0.1, -0.05) is 0 Å². The number of nitrogens with two attached hydrogens (primary N) is 1. The topological polar surface area (TPSA) is 121 Å². The molecule has 4 aromatic rings. The molecule has 4 heterocycles. The third-order valence-corrected chi connectivity index (χ3v) is 5.99. The molecule has 3 N–H and O–H groups in total. The molecular weight excluding hydrogens is 439 g/mol. The van der Waals surface area contributed by atoms with Crippen LogP contribution in [0.4, 0.5) is 10.2 Å². The van der Waals surface area contributed by atoms with Crippen molar-refractivity contribution in [2.45, 2.75) is 32.9 Å². The molecule has 0 saturated carbocycles. The highest BCUT2D eigenvalue weighted by atomic mass is 19.1. The number of ether oxygens (including phenoxy) is 1. The molecule has 1 atom stereocenters. The third kappa shape index (κ3) is 3.47. The molecule has 3 aromatic heterocycles. The van der Waals surface area contributed by atoms with Crippen molar-refractivity contribution in [3.8, 4) is 28.3 Å². The van der Waals surface area contributed by atoms with E-state index >= 15 is 0 Å². The largest absolute Gasteiger partial charge is 0.482 e. The van der Waals surface area contributed by atoms with E-state index in [0.717, 1.165) is 5.56 Å². The average molecular weight is 462 g/mol. The molecule has 1 aromatic carbocycles. The number of aromatic nitrogens is 5. The molecule has 1 aliphatic rings. The van der Waals surface area contributed by atoms with Crippen LogP contribution in [-0.4, -0.2) is 35.6 Å². The number of hydrogen-bond donors (Lipinski definition) is 2. The van der Waals surface area contributed by atoms with E-state index in [9.17, 15) is 14.3 Å². The van der Waals surface area contributed by atoms with Crippen molar-refractivity contribution >= 4 is 11.8 Å². The summed E-state index contributed by atoms with van der Waals surface area (Å²) in [6, 6.07) is 6.17. The quantitative estimate of drug-likeness (QED) is 0.464. The first-order valence-corrected chi connectivity index (χ1v) is 10.8. The van der Waals surface area contributed by atoms with Crippen LogP contribution in [0.1, 0.15) is 47.1 Å². The first-order chi connectivity index (χ1) is 16.3. The van der Waals surface area contributed by atoms with Crippen molar-refractivity contribution in [3.05, 3.63) is 64.9 Å². The molecule has 34 heavy (non-hydrogen) atoms. The smallest absolute Gasteiger partial charge is 0.356 e. The van der Waals surface area contributed by atoms with Gasteiger partial charge in [0.15, 0.2) is 17.3 Å². The van der Waals surface area contributed by atoms with E-state index in [1.165, 1.54) is 12.1 Å². The van der Waals surface area contributed by atoms with Crippen LogP contribution >= 0.6 is 0 Å². The van der Waals surface area contributed by atoms with Crippen LogP contribution in [0.5, 0.6) is 5.75 Å². The number of pyridine rings is 1. The Balaban J connectivity index is 1.86. The summed E-state index contributed by atoms with van der Waals surface area (Å²) in [5.74, 6) is -1.05. The molecule has 0 spiro atoms. The van der Waals surface area contributed by atoms with Crippen LogP contribution in [0.25, 0.3) is 22.5 Å². The first kappa shape index (κ1) is 21.6. The van der Waals surface area contributed by atoms with Gasteiger partial charge in [0.25, 0.3) is 0 Å². The lowest BCUT2D eigenvalue weighted by Gasteiger charge is -2.21. The zero-order valence-electron chi connectivity index (χ0n) is 18.9. The number of rotatable bonds is 2. The number of hydrogen-bond acceptors (Lipinski definition) is 6. The highest BCUT2D eigenvalue weighted by Gasteiger charge is 2.28. The molecule has 0 saturated heterocycles. The average Bonchev–Trinajstić information content (AvgIpc) is 3.35. The monoisotopic (exact) mass is 462 g/mol. The number of carboxylic acid groups (broad SMARTS) is 1. The number of aromatic carboxylic acids is 1. The summed E-state index contributed by atoms with van der Waals surface area (Å²) in [4.78, 5) is 16.4. The predicted octanol–water partition coefficient (Wildman–Crippen LogP) is 3.83. The van der Waals surface area contributed by atoms with Crippen molar-refractivity contribution in [1.82, 2.24) is 24.5 Å². The maximum atomic E-state index is 14.3. The van der Waals surface area contributed by atoms with Crippen LogP contribution in [-0.2, 0) is 20.0 Å². The molecule has 174 valence electrons. The Hall–Kier alpha value is -4.21. The number of aryl methyl sites for hydroxylation is 2. The molecule has 0 amide bonds. The van der Waals surface area contributed by atoms with Gasteiger partial charge in [-0.15, -0.1) is 0 Å². The molecule has 9 nitrogen and oxygen atoms in total. The van der Waals surface area contributed by atoms with Gasteiger partial charge in [0.05, 0.1) is 11.4 Å². The molecule has 0 aliphatic carbocycles. The molecule has 0 unspecified atom stereocenters. The van der Waals surface area contributed by atoms with E-state index in [4.69, 9.17) is 10.5 Å². The number of fused-ring (bicyclic) bond motifs is 7. The normalized spacial score (nSPS) is 14.8. The molecule has 1 aliphatic heterocycles. The van der Waals surface area contributed by atoms with Crippen LogP contribution in [0.2, 0.25) is 0 Å². The van der Waals surface area contributed by atoms with Crippen molar-refractivity contribution in [3.63, 3.8) is 0 Å². The Kier molecular flexibility index (Phi) is 5.07. The van der Waals surface area contributed by atoms with Crippen LogP contribution in [0, 0.1) is 5.82 Å². The highest BCUT2D eigenvalue weighted by molar-refractivity contribution is 5.90. The minimum absolute atomic E-state index is 0.0456. The van der Waals surface area contributed by atoms with Gasteiger partial charge >= 0.3 is 5.97 Å². The number of anilines is 1. The zero-order chi connectivity index (χ0) is 24.1. The van der Waals surface area contributed by atoms with Crippen LogP contribution in [0.3, 0.4) is 0 Å². The van der Waals surface area contributed by atoms with E-state index in [2.05, 4.69) is 15.2 Å². The van der Waals surface area contributed by atoms with Gasteiger partial charge < -0.3 is 15.6 Å². The SMILES string of the molecule is CCn1nc(C(=O)O)c2c1-c1cnc(N)c(c1)O[C@H](C)c1cc(F)ccc1-c1nn(C)cc1C2. The maximum Gasteiger partial charge on any atom is 0.356 e. The number of halogens is 1. The number of benzene rings is 1. The molecule has 10 heteroatoms. The summed E-state index contributed by atoms with van der Waals surface area (Å²) in [5.41, 5.74) is 10.5. The Bertz CT molecular complexity index is 1440. The van der Waals surface area contributed by atoms with Gasteiger partial charge in [0, 0.05) is 60.2 Å². The number of nitrogen functional groups attached to an aromatic ring is 1. The maximum absolute atomic E-state index is 14.3. The summed E-state index contributed by atoms with van der Waals surface area (Å²) >= 11 is 0. The van der Waals surface area contributed by atoms with Crippen LogP contribution < -0.4 is 10.5 Å². The lowest BCUT2D eigenvalue weighted by atomic mass is 9.93. The van der Waals surface area contributed by atoms with E-state index in [0.29, 0.717) is 45.9 Å².